The van der Waals surface area contributed by atoms with Crippen LogP contribution in [0.4, 0.5) is 0 Å². The molecular weight excluding hydrogens is 492 g/mol. The van der Waals surface area contributed by atoms with Gasteiger partial charge in [0.25, 0.3) is 0 Å². The molecule has 3 unspecified atom stereocenters. The van der Waals surface area contributed by atoms with E-state index in [1.807, 2.05) is 36.4 Å². The molecule has 0 spiro atoms. The molecule has 9 nitrogen and oxygen atoms in total. The van der Waals surface area contributed by atoms with E-state index in [0.717, 1.165) is 33.8 Å². The summed E-state index contributed by atoms with van der Waals surface area (Å²) >= 11 is 1.61. The van der Waals surface area contributed by atoms with Gasteiger partial charge in [0.05, 0.1) is 13.0 Å². The van der Waals surface area contributed by atoms with E-state index in [-0.39, 0.29) is 16.6 Å². The third-order valence-corrected chi connectivity index (χ3v) is 7.25. The normalized spacial score (nSPS) is 13.4. The highest BCUT2D eigenvalue weighted by Gasteiger charge is 2.26. The molecule has 0 fully saturated rings. The number of nitrogens with one attached hydrogen (secondary N) is 2. The van der Waals surface area contributed by atoms with Crippen LogP contribution in [0.3, 0.4) is 0 Å². The van der Waals surface area contributed by atoms with E-state index >= 15 is 0 Å². The van der Waals surface area contributed by atoms with Crippen LogP contribution < -0.4 is 15.4 Å². The van der Waals surface area contributed by atoms with Crippen LogP contribution in [0.15, 0.2) is 36.4 Å². The molecule has 188 valence electrons. The molecule has 0 aromatic heterocycles. The second kappa shape index (κ2) is 13.1. The van der Waals surface area contributed by atoms with Gasteiger partial charge in [0.2, 0.25) is 16.9 Å². The molecule has 0 heterocycles. The van der Waals surface area contributed by atoms with E-state index in [4.69, 9.17) is 4.74 Å². The zero-order chi connectivity index (χ0) is 26.1. The Hall–Kier alpha value is -3.05. The van der Waals surface area contributed by atoms with Crippen LogP contribution in [0.2, 0.25) is 0 Å². The Kier molecular flexibility index (Phi) is 10.6. The first kappa shape index (κ1) is 28.2. The van der Waals surface area contributed by atoms with Gasteiger partial charge in [0, 0.05) is 25.4 Å². The van der Waals surface area contributed by atoms with Gasteiger partial charge in [0.1, 0.15) is 17.8 Å². The molecule has 0 aliphatic heterocycles. The largest absolute Gasteiger partial charge is 0.497 e. The van der Waals surface area contributed by atoms with Crippen molar-refractivity contribution >= 4 is 62.3 Å². The predicted octanol–water partition coefficient (Wildman–Crippen LogP) is 2.57. The molecule has 11 heteroatoms. The zero-order valence-corrected chi connectivity index (χ0v) is 21.5. The van der Waals surface area contributed by atoms with Crippen molar-refractivity contribution in [2.45, 2.75) is 38.8 Å². The van der Waals surface area contributed by atoms with Crippen LogP contribution in [0.5, 0.6) is 5.75 Å². The Labute approximate surface area is 211 Å². The number of benzene rings is 2. The number of amides is 2. The number of carbonyl (C=O) groups excluding carboxylic acids is 4. The van der Waals surface area contributed by atoms with Crippen LogP contribution in [0.25, 0.3) is 10.8 Å². The average molecular weight is 521 g/mol. The number of aliphatic carboxylic acids is 1. The second-order valence-corrected chi connectivity index (χ2v) is 9.85. The van der Waals surface area contributed by atoms with E-state index in [1.165, 1.54) is 13.8 Å². The van der Waals surface area contributed by atoms with Crippen molar-refractivity contribution in [2.24, 2.45) is 0 Å². The van der Waals surface area contributed by atoms with Crippen LogP contribution in [-0.2, 0) is 24.0 Å². The highest BCUT2D eigenvalue weighted by Crippen LogP contribution is 2.28. The first-order valence-electron chi connectivity index (χ1n) is 10.7. The van der Waals surface area contributed by atoms with Gasteiger partial charge in [0.15, 0.2) is 5.12 Å². The Bertz CT molecular complexity index is 1120. The van der Waals surface area contributed by atoms with Crippen molar-refractivity contribution in [1.29, 1.82) is 0 Å². The van der Waals surface area contributed by atoms with Gasteiger partial charge >= 0.3 is 5.97 Å². The number of carboxylic acid groups (broad SMARTS) is 1. The van der Waals surface area contributed by atoms with Crippen LogP contribution in [-0.4, -0.2) is 63.8 Å². The van der Waals surface area contributed by atoms with E-state index in [0.29, 0.717) is 11.8 Å². The summed E-state index contributed by atoms with van der Waals surface area (Å²) in [5, 5.41) is 15.2. The number of carbonyl (C=O) groups is 5. The minimum atomic E-state index is -1.27. The minimum Gasteiger partial charge on any atom is -0.497 e. The van der Waals surface area contributed by atoms with Crippen LogP contribution in [0.1, 0.15) is 32.3 Å². The Balaban J connectivity index is 2.03. The lowest BCUT2D eigenvalue weighted by Crippen LogP contribution is -2.44. The lowest BCUT2D eigenvalue weighted by molar-refractivity contribution is -0.140. The molecule has 0 aliphatic carbocycles. The van der Waals surface area contributed by atoms with Crippen molar-refractivity contribution in [3.63, 3.8) is 0 Å². The van der Waals surface area contributed by atoms with Gasteiger partial charge < -0.3 is 20.5 Å². The SMILES string of the molecule is COc1ccc2cc(C(C)C(=O)SCC(NC(C)=O)C(=O)SCC(NC(C)=O)C(=O)O)ccc2c1. The van der Waals surface area contributed by atoms with E-state index in [2.05, 4.69) is 10.6 Å². The third kappa shape index (κ3) is 8.59. The summed E-state index contributed by atoms with van der Waals surface area (Å²) in [6.45, 7) is 4.20. The summed E-state index contributed by atoms with van der Waals surface area (Å²) in [5.41, 5.74) is 0.816. The number of ether oxygens (including phenoxy) is 1. The molecule has 2 amide bonds. The summed E-state index contributed by atoms with van der Waals surface area (Å²) in [6, 6.07) is 9.13. The summed E-state index contributed by atoms with van der Waals surface area (Å²) in [6.07, 6.45) is 0. The van der Waals surface area contributed by atoms with Crippen molar-refractivity contribution in [1.82, 2.24) is 10.6 Å². The number of fused-ring (bicyclic) bond motifs is 1. The number of rotatable bonds is 11. The van der Waals surface area contributed by atoms with Gasteiger partial charge in [-0.1, -0.05) is 54.7 Å². The van der Waals surface area contributed by atoms with Crippen molar-refractivity contribution in [3.05, 3.63) is 42.0 Å². The summed E-state index contributed by atoms with van der Waals surface area (Å²) in [4.78, 5) is 59.5. The first-order chi connectivity index (χ1) is 16.5. The maximum atomic E-state index is 12.9. The van der Waals surface area contributed by atoms with E-state index in [9.17, 15) is 29.1 Å². The summed E-state index contributed by atoms with van der Waals surface area (Å²) in [7, 11) is 1.60. The van der Waals surface area contributed by atoms with Gasteiger partial charge in [-0.2, -0.15) is 0 Å². The molecule has 3 N–H and O–H groups in total. The summed E-state index contributed by atoms with van der Waals surface area (Å²) < 4.78 is 5.23. The lowest BCUT2D eigenvalue weighted by atomic mass is 9.99. The number of carboxylic acids is 1. The van der Waals surface area contributed by atoms with Crippen LogP contribution in [0, 0.1) is 0 Å². The van der Waals surface area contributed by atoms with Gasteiger partial charge in [-0.25, -0.2) is 4.79 Å². The molecule has 0 bridgehead atoms. The lowest BCUT2D eigenvalue weighted by Gasteiger charge is -2.18. The fourth-order valence-electron chi connectivity index (χ4n) is 3.17. The standard InChI is InChI=1S/C24H28N2O7S2/c1-13(16-5-6-18-10-19(33-4)8-7-17(18)9-16)23(31)34-12-21(26-15(3)28)24(32)35-11-20(22(29)30)25-14(2)27/h5-10,13,20-21H,11-12H2,1-4H3,(H,25,27)(H,26,28)(H,29,30). The van der Waals surface area contributed by atoms with Gasteiger partial charge in [-0.05, 0) is 28.5 Å². The first-order valence-corrected chi connectivity index (χ1v) is 12.7. The Morgan fingerprint density at radius 3 is 2.00 bits per heavy atom. The van der Waals surface area contributed by atoms with Crippen molar-refractivity contribution in [2.75, 3.05) is 18.6 Å². The minimum absolute atomic E-state index is 0.00274. The molecule has 2 rings (SSSR count). The highest BCUT2D eigenvalue weighted by atomic mass is 32.2. The smallest absolute Gasteiger partial charge is 0.327 e. The fraction of sp³-hybridized carbons (Fsp3) is 0.375. The molecule has 2 aromatic carbocycles. The molecule has 0 saturated carbocycles. The molecule has 0 aliphatic rings. The number of thioether (sulfide) groups is 2. The zero-order valence-electron chi connectivity index (χ0n) is 19.8. The monoisotopic (exact) mass is 520 g/mol. The molecule has 35 heavy (non-hydrogen) atoms. The molecule has 3 atom stereocenters. The number of hydrogen-bond acceptors (Lipinski definition) is 8. The quantitative estimate of drug-likeness (QED) is 0.408. The Morgan fingerprint density at radius 1 is 0.857 bits per heavy atom. The van der Waals surface area contributed by atoms with Crippen LogP contribution >= 0.6 is 23.5 Å². The highest BCUT2D eigenvalue weighted by molar-refractivity contribution is 8.15. The molecular formula is C24H28N2O7S2. The molecule has 0 radical (unpaired) electrons. The maximum Gasteiger partial charge on any atom is 0.327 e. The van der Waals surface area contributed by atoms with E-state index < -0.39 is 40.9 Å². The third-order valence-electron chi connectivity index (χ3n) is 5.05. The predicted molar refractivity (Wildman–Crippen MR) is 137 cm³/mol. The second-order valence-electron chi connectivity index (χ2n) is 7.80. The molecule has 2 aromatic rings. The number of hydrogen-bond donors (Lipinski definition) is 3. The topological polar surface area (TPSA) is 139 Å². The average Bonchev–Trinajstić information content (AvgIpc) is 2.81. The maximum absolute atomic E-state index is 12.9. The summed E-state index contributed by atoms with van der Waals surface area (Å²) in [5.74, 6) is -2.19. The fourth-order valence-corrected chi connectivity index (χ4v) is 5.12. The van der Waals surface area contributed by atoms with Crippen molar-refractivity contribution < 1.29 is 33.8 Å². The van der Waals surface area contributed by atoms with Crippen molar-refractivity contribution in [3.8, 4) is 5.75 Å². The Morgan fingerprint density at radius 2 is 1.40 bits per heavy atom. The van der Waals surface area contributed by atoms with E-state index in [1.54, 1.807) is 14.0 Å². The molecule has 0 saturated heterocycles. The van der Waals surface area contributed by atoms with Gasteiger partial charge in [-0.15, -0.1) is 0 Å². The van der Waals surface area contributed by atoms with Gasteiger partial charge in [-0.3, -0.25) is 19.2 Å². The number of methoxy groups -OCH3 is 1.